The van der Waals surface area contributed by atoms with Gasteiger partial charge in [0, 0.05) is 17.3 Å². The monoisotopic (exact) mass is 283 g/mol. The molecule has 1 heterocycles. The maximum absolute atomic E-state index is 3.75. The Morgan fingerprint density at radius 3 is 2.76 bits per heavy atom. The van der Waals surface area contributed by atoms with Gasteiger partial charge in [0.1, 0.15) is 6.04 Å². The third-order valence-electron chi connectivity index (χ3n) is 5.56. The van der Waals surface area contributed by atoms with Gasteiger partial charge in [-0.05, 0) is 63.1 Å². The molecule has 0 radical (unpaired) electrons. The Morgan fingerprint density at radius 2 is 1.90 bits per heavy atom. The van der Waals surface area contributed by atoms with Gasteiger partial charge in [-0.1, -0.05) is 18.1 Å². The minimum absolute atomic E-state index is 0.671. The lowest BCUT2D eigenvalue weighted by Gasteiger charge is -2.27. The van der Waals surface area contributed by atoms with Crippen molar-refractivity contribution in [1.29, 1.82) is 0 Å². The van der Waals surface area contributed by atoms with E-state index in [0.717, 1.165) is 6.04 Å². The van der Waals surface area contributed by atoms with Gasteiger partial charge in [-0.2, -0.15) is 0 Å². The maximum atomic E-state index is 3.75. The molecule has 2 nitrogen and oxygen atoms in total. The Balaban J connectivity index is 1.65. The van der Waals surface area contributed by atoms with E-state index in [1.54, 1.807) is 5.56 Å². The molecule has 0 saturated heterocycles. The molecule has 1 saturated carbocycles. The molecule has 2 heteroatoms. The number of nitrogens with two attached hydrogens (primary N) is 1. The van der Waals surface area contributed by atoms with Gasteiger partial charge in [0.05, 0.1) is 11.7 Å². The lowest BCUT2D eigenvalue weighted by Crippen LogP contribution is -2.91. The highest BCUT2D eigenvalue weighted by molar-refractivity contribution is 5.85. The van der Waals surface area contributed by atoms with E-state index < -0.39 is 0 Å². The van der Waals surface area contributed by atoms with Crippen molar-refractivity contribution in [2.75, 3.05) is 0 Å². The second-order valence-electron chi connectivity index (χ2n) is 7.16. The molecule has 1 atom stereocenters. The number of fused-ring (bicyclic) bond motifs is 3. The van der Waals surface area contributed by atoms with Crippen LogP contribution in [0.25, 0.3) is 10.9 Å². The van der Waals surface area contributed by atoms with Crippen molar-refractivity contribution in [1.82, 2.24) is 4.98 Å². The summed E-state index contributed by atoms with van der Waals surface area (Å²) in [4.78, 5) is 3.75. The highest BCUT2D eigenvalue weighted by atomic mass is 15.0. The van der Waals surface area contributed by atoms with Gasteiger partial charge in [0.15, 0.2) is 0 Å². The molecular formula is C19H27N2+. The lowest BCUT2D eigenvalue weighted by atomic mass is 9.89. The van der Waals surface area contributed by atoms with Gasteiger partial charge in [0.2, 0.25) is 0 Å². The molecule has 4 rings (SSSR count). The summed E-state index contributed by atoms with van der Waals surface area (Å²) >= 11 is 0. The van der Waals surface area contributed by atoms with Crippen molar-refractivity contribution in [3.05, 3.63) is 35.0 Å². The molecule has 0 spiro atoms. The van der Waals surface area contributed by atoms with Crippen LogP contribution in [0.5, 0.6) is 0 Å². The highest BCUT2D eigenvalue weighted by Gasteiger charge is 2.29. The molecule has 21 heavy (non-hydrogen) atoms. The van der Waals surface area contributed by atoms with Crippen LogP contribution in [-0.4, -0.2) is 11.0 Å². The van der Waals surface area contributed by atoms with Gasteiger partial charge in [-0.15, -0.1) is 0 Å². The molecule has 1 aromatic heterocycles. The fourth-order valence-electron chi connectivity index (χ4n) is 4.46. The summed E-state index contributed by atoms with van der Waals surface area (Å²) < 4.78 is 0. The fraction of sp³-hybridized carbons (Fsp3) is 0.579. The fourth-order valence-corrected chi connectivity index (χ4v) is 4.46. The van der Waals surface area contributed by atoms with Gasteiger partial charge in [-0.3, -0.25) is 0 Å². The first-order chi connectivity index (χ1) is 10.3. The molecule has 1 aromatic carbocycles. The van der Waals surface area contributed by atoms with Crippen molar-refractivity contribution in [2.45, 2.75) is 70.4 Å². The van der Waals surface area contributed by atoms with Crippen LogP contribution in [0, 0.1) is 6.92 Å². The highest BCUT2D eigenvalue weighted by Crippen LogP contribution is 2.33. The molecule has 0 aliphatic heterocycles. The molecule has 2 aliphatic carbocycles. The van der Waals surface area contributed by atoms with E-state index in [-0.39, 0.29) is 0 Å². The molecule has 0 unspecified atom stereocenters. The number of hydrogen-bond donors (Lipinski definition) is 2. The standard InChI is InChI=1S/C19H26N2/c1-13-10-11-17-16(12-13)15-8-5-9-18(19(15)21-17)20-14-6-3-2-4-7-14/h10-12,14,18,20-21H,2-9H2,1H3/p+1/t18-/m0/s1. The second-order valence-corrected chi connectivity index (χ2v) is 7.16. The second kappa shape index (κ2) is 5.49. The van der Waals surface area contributed by atoms with Crippen molar-refractivity contribution < 1.29 is 5.32 Å². The number of H-pyrrole nitrogens is 1. The van der Waals surface area contributed by atoms with E-state index in [4.69, 9.17) is 0 Å². The van der Waals surface area contributed by atoms with Crippen LogP contribution in [0.4, 0.5) is 0 Å². The van der Waals surface area contributed by atoms with E-state index in [1.807, 2.05) is 0 Å². The number of hydrogen-bond acceptors (Lipinski definition) is 0. The van der Waals surface area contributed by atoms with Crippen LogP contribution >= 0.6 is 0 Å². The molecule has 1 fully saturated rings. The predicted octanol–water partition coefficient (Wildman–Crippen LogP) is 3.75. The number of quaternary nitrogens is 1. The minimum Gasteiger partial charge on any atom is -0.353 e. The number of nitrogens with one attached hydrogen (secondary N) is 1. The number of benzene rings is 1. The molecule has 2 aliphatic rings. The van der Waals surface area contributed by atoms with Crippen LogP contribution in [0.1, 0.15) is 67.8 Å². The number of aromatic amines is 1. The molecule has 2 aromatic rings. The van der Waals surface area contributed by atoms with Crippen molar-refractivity contribution in [2.24, 2.45) is 0 Å². The third kappa shape index (κ3) is 2.50. The summed E-state index contributed by atoms with van der Waals surface area (Å²) in [5, 5.41) is 4.17. The molecule has 0 bridgehead atoms. The Hall–Kier alpha value is -1.28. The van der Waals surface area contributed by atoms with Crippen molar-refractivity contribution in [3.8, 4) is 0 Å². The quantitative estimate of drug-likeness (QED) is 0.841. The SMILES string of the molecule is Cc1ccc2[nH]c3c(c2c1)CCC[C@@H]3[NH2+]C1CCCCC1. The average Bonchev–Trinajstić information content (AvgIpc) is 2.88. The first kappa shape index (κ1) is 13.4. The van der Waals surface area contributed by atoms with E-state index in [2.05, 4.69) is 35.4 Å². The Morgan fingerprint density at radius 1 is 1.05 bits per heavy atom. The molecule has 112 valence electrons. The number of rotatable bonds is 2. The van der Waals surface area contributed by atoms with Crippen LogP contribution in [-0.2, 0) is 6.42 Å². The van der Waals surface area contributed by atoms with Gasteiger partial charge >= 0.3 is 0 Å². The average molecular weight is 283 g/mol. The summed E-state index contributed by atoms with van der Waals surface area (Å²) in [5.74, 6) is 0. The lowest BCUT2D eigenvalue weighted by molar-refractivity contribution is -0.731. The maximum Gasteiger partial charge on any atom is 0.127 e. The van der Waals surface area contributed by atoms with E-state index in [9.17, 15) is 0 Å². The Bertz CT molecular complexity index is 634. The number of aromatic nitrogens is 1. The van der Waals surface area contributed by atoms with Gasteiger partial charge in [-0.25, -0.2) is 0 Å². The summed E-state index contributed by atoms with van der Waals surface area (Å²) in [6.45, 7) is 2.20. The smallest absolute Gasteiger partial charge is 0.127 e. The zero-order valence-electron chi connectivity index (χ0n) is 13.1. The first-order valence-electron chi connectivity index (χ1n) is 8.77. The normalized spacial score (nSPS) is 23.4. The van der Waals surface area contributed by atoms with Crippen molar-refractivity contribution >= 4 is 10.9 Å². The zero-order chi connectivity index (χ0) is 14.2. The van der Waals surface area contributed by atoms with Gasteiger partial charge < -0.3 is 10.3 Å². The summed E-state index contributed by atoms with van der Waals surface area (Å²) in [6.07, 6.45) is 11.1. The van der Waals surface area contributed by atoms with Crippen LogP contribution in [0.15, 0.2) is 18.2 Å². The van der Waals surface area contributed by atoms with Crippen LogP contribution < -0.4 is 5.32 Å². The topological polar surface area (TPSA) is 32.4 Å². The van der Waals surface area contributed by atoms with E-state index in [0.29, 0.717) is 6.04 Å². The molecule has 3 N–H and O–H groups in total. The molecule has 0 amide bonds. The van der Waals surface area contributed by atoms with Crippen LogP contribution in [0.3, 0.4) is 0 Å². The first-order valence-corrected chi connectivity index (χ1v) is 8.77. The zero-order valence-corrected chi connectivity index (χ0v) is 13.1. The largest absolute Gasteiger partial charge is 0.353 e. The van der Waals surface area contributed by atoms with Crippen LogP contribution in [0.2, 0.25) is 0 Å². The predicted molar refractivity (Wildman–Crippen MR) is 87.5 cm³/mol. The number of aryl methyl sites for hydroxylation is 2. The summed E-state index contributed by atoms with van der Waals surface area (Å²) in [7, 11) is 0. The third-order valence-corrected chi connectivity index (χ3v) is 5.56. The Labute approximate surface area is 127 Å². The molecular weight excluding hydrogens is 256 g/mol. The minimum atomic E-state index is 0.671. The van der Waals surface area contributed by atoms with Gasteiger partial charge in [0.25, 0.3) is 0 Å². The summed E-state index contributed by atoms with van der Waals surface area (Å²) in [5.41, 5.74) is 5.86. The van der Waals surface area contributed by atoms with E-state index >= 15 is 0 Å². The van der Waals surface area contributed by atoms with E-state index in [1.165, 1.54) is 73.5 Å². The summed E-state index contributed by atoms with van der Waals surface area (Å²) in [6, 6.07) is 8.39. The van der Waals surface area contributed by atoms with Crippen molar-refractivity contribution in [3.63, 3.8) is 0 Å². The Kier molecular flexibility index (Phi) is 3.50.